The Hall–Kier alpha value is -1.96. The van der Waals surface area contributed by atoms with Gasteiger partial charge in [-0.25, -0.2) is 0 Å². The van der Waals surface area contributed by atoms with E-state index in [9.17, 15) is 0 Å². The summed E-state index contributed by atoms with van der Waals surface area (Å²) in [6.07, 6.45) is 12.0. The minimum atomic E-state index is 0.765. The third kappa shape index (κ3) is 8.74. The fourth-order valence-corrected chi connectivity index (χ4v) is 1.84. The van der Waals surface area contributed by atoms with E-state index in [4.69, 9.17) is 9.47 Å². The Kier molecular flexibility index (Phi) is 9.63. The number of ether oxygens (including phenoxy) is 2. The molecule has 0 bridgehead atoms. The van der Waals surface area contributed by atoms with Crippen LogP contribution < -0.4 is 4.74 Å². The maximum Gasteiger partial charge on any atom is 0.119 e. The Morgan fingerprint density at radius 3 is 2.43 bits per heavy atom. The average molecular weight is 286 g/mol. The topological polar surface area (TPSA) is 18.5 Å². The van der Waals surface area contributed by atoms with E-state index in [1.54, 1.807) is 6.08 Å². The molecule has 0 heterocycles. The third-order valence-corrected chi connectivity index (χ3v) is 3.00. The van der Waals surface area contributed by atoms with Gasteiger partial charge in [-0.3, -0.25) is 0 Å². The maximum absolute atomic E-state index is 5.66. The van der Waals surface area contributed by atoms with E-state index in [0.29, 0.717) is 0 Å². The summed E-state index contributed by atoms with van der Waals surface area (Å²) >= 11 is 0. The zero-order chi connectivity index (χ0) is 15.2. The summed E-state index contributed by atoms with van der Waals surface area (Å²) < 4.78 is 11.3. The Morgan fingerprint density at radius 2 is 1.76 bits per heavy atom. The summed E-state index contributed by atoms with van der Waals surface area (Å²) in [4.78, 5) is 0. The summed E-state index contributed by atoms with van der Waals surface area (Å²) in [5.74, 6) is 1.86. The second kappa shape index (κ2) is 11.8. The van der Waals surface area contributed by atoms with E-state index in [1.807, 2.05) is 55.5 Å². The van der Waals surface area contributed by atoms with Crippen LogP contribution in [0.25, 0.3) is 0 Å². The van der Waals surface area contributed by atoms with Crippen LogP contribution in [0.5, 0.6) is 5.75 Å². The fourth-order valence-electron chi connectivity index (χ4n) is 1.84. The molecule has 1 aromatic rings. The lowest BCUT2D eigenvalue weighted by atomic mass is 10.2. The van der Waals surface area contributed by atoms with Gasteiger partial charge in [-0.05, 0) is 56.9 Å². The molecule has 0 radical (unpaired) electrons. The highest BCUT2D eigenvalue weighted by molar-refractivity contribution is 5.20. The third-order valence-electron chi connectivity index (χ3n) is 3.00. The Morgan fingerprint density at radius 1 is 1.05 bits per heavy atom. The Bertz CT molecular complexity index is 432. The molecule has 2 nitrogen and oxygen atoms in total. The number of unbranched alkanes of at least 4 members (excludes halogenated alkanes) is 3. The van der Waals surface area contributed by atoms with E-state index in [1.165, 1.54) is 12.8 Å². The molecule has 1 rings (SSSR count). The lowest BCUT2D eigenvalue weighted by molar-refractivity contribution is 0.214. The average Bonchev–Trinajstić information content (AvgIpc) is 2.53. The molecule has 21 heavy (non-hydrogen) atoms. The van der Waals surface area contributed by atoms with Crippen molar-refractivity contribution in [1.82, 2.24) is 0 Å². The van der Waals surface area contributed by atoms with Crippen LogP contribution in [0.3, 0.4) is 0 Å². The molecule has 114 valence electrons. The van der Waals surface area contributed by atoms with Gasteiger partial charge in [0, 0.05) is 0 Å². The zero-order valence-corrected chi connectivity index (χ0v) is 13.0. The van der Waals surface area contributed by atoms with Crippen LogP contribution in [0.4, 0.5) is 0 Å². The highest BCUT2D eigenvalue weighted by Crippen LogP contribution is 2.10. The molecule has 0 aliphatic carbocycles. The second-order valence-corrected chi connectivity index (χ2v) is 4.71. The highest BCUT2D eigenvalue weighted by Gasteiger charge is 1.95. The number of para-hydroxylation sites is 1. The molecule has 0 aliphatic heterocycles. The Labute approximate surface area is 128 Å². The van der Waals surface area contributed by atoms with Gasteiger partial charge < -0.3 is 9.47 Å². The zero-order valence-electron chi connectivity index (χ0n) is 13.0. The predicted octanol–water partition coefficient (Wildman–Crippen LogP) is 5.29. The SMILES string of the molecule is C=C/C=C\C(=C/C)OCCCCCCOc1ccccc1. The van der Waals surface area contributed by atoms with Gasteiger partial charge in [0.05, 0.1) is 13.2 Å². The van der Waals surface area contributed by atoms with E-state index in [2.05, 4.69) is 6.58 Å². The van der Waals surface area contributed by atoms with Crippen molar-refractivity contribution in [2.75, 3.05) is 13.2 Å². The molecule has 0 spiro atoms. The summed E-state index contributed by atoms with van der Waals surface area (Å²) in [6, 6.07) is 9.96. The molecule has 1 aromatic carbocycles. The van der Waals surface area contributed by atoms with Gasteiger partial charge >= 0.3 is 0 Å². The fraction of sp³-hybridized carbons (Fsp3) is 0.368. The molecule has 0 unspecified atom stereocenters. The van der Waals surface area contributed by atoms with Gasteiger partial charge in [-0.1, -0.05) is 36.9 Å². The normalized spacial score (nSPS) is 11.6. The van der Waals surface area contributed by atoms with Crippen LogP contribution >= 0.6 is 0 Å². The van der Waals surface area contributed by atoms with Crippen LogP contribution in [-0.2, 0) is 4.74 Å². The van der Waals surface area contributed by atoms with Gasteiger partial charge in [0.25, 0.3) is 0 Å². The van der Waals surface area contributed by atoms with Crippen molar-refractivity contribution < 1.29 is 9.47 Å². The number of rotatable bonds is 11. The van der Waals surface area contributed by atoms with Gasteiger partial charge in [-0.2, -0.15) is 0 Å². The van der Waals surface area contributed by atoms with Crippen LogP contribution in [0, 0.1) is 0 Å². The first-order chi connectivity index (χ1) is 10.4. The van der Waals surface area contributed by atoms with Crippen LogP contribution in [0.2, 0.25) is 0 Å². The molecule has 0 saturated carbocycles. The summed E-state index contributed by atoms with van der Waals surface area (Å²) in [7, 11) is 0. The molecule has 0 saturated heterocycles. The van der Waals surface area contributed by atoms with Gasteiger partial charge in [0.2, 0.25) is 0 Å². The van der Waals surface area contributed by atoms with Crippen molar-refractivity contribution in [2.45, 2.75) is 32.6 Å². The van der Waals surface area contributed by atoms with Gasteiger partial charge in [-0.15, -0.1) is 0 Å². The van der Waals surface area contributed by atoms with Crippen molar-refractivity contribution >= 4 is 0 Å². The number of benzene rings is 1. The minimum absolute atomic E-state index is 0.765. The quantitative estimate of drug-likeness (QED) is 0.313. The molecular formula is C19H26O2. The largest absolute Gasteiger partial charge is 0.494 e. The predicted molar refractivity (Wildman–Crippen MR) is 89.5 cm³/mol. The summed E-state index contributed by atoms with van der Waals surface area (Å²) in [5, 5.41) is 0. The van der Waals surface area contributed by atoms with E-state index in [-0.39, 0.29) is 0 Å². The van der Waals surface area contributed by atoms with Gasteiger partial charge in [0.15, 0.2) is 0 Å². The van der Waals surface area contributed by atoms with Crippen molar-refractivity contribution in [3.63, 3.8) is 0 Å². The minimum Gasteiger partial charge on any atom is -0.494 e. The second-order valence-electron chi connectivity index (χ2n) is 4.71. The van der Waals surface area contributed by atoms with Crippen molar-refractivity contribution in [1.29, 1.82) is 0 Å². The number of allylic oxidation sites excluding steroid dienone is 4. The van der Waals surface area contributed by atoms with Gasteiger partial charge in [0.1, 0.15) is 11.5 Å². The van der Waals surface area contributed by atoms with Crippen LogP contribution in [0.15, 0.2) is 67.0 Å². The molecule has 0 aromatic heterocycles. The molecular weight excluding hydrogens is 260 g/mol. The first-order valence-corrected chi connectivity index (χ1v) is 7.63. The van der Waals surface area contributed by atoms with Crippen molar-refractivity contribution in [2.24, 2.45) is 0 Å². The van der Waals surface area contributed by atoms with Crippen LogP contribution in [0.1, 0.15) is 32.6 Å². The number of hydrogen-bond donors (Lipinski definition) is 0. The lowest BCUT2D eigenvalue weighted by Gasteiger charge is -2.07. The lowest BCUT2D eigenvalue weighted by Crippen LogP contribution is -1.98. The first-order valence-electron chi connectivity index (χ1n) is 7.63. The molecule has 0 aliphatic rings. The molecule has 2 heteroatoms. The van der Waals surface area contributed by atoms with E-state index >= 15 is 0 Å². The smallest absolute Gasteiger partial charge is 0.119 e. The molecule has 0 atom stereocenters. The maximum atomic E-state index is 5.66. The highest BCUT2D eigenvalue weighted by atomic mass is 16.5. The number of hydrogen-bond acceptors (Lipinski definition) is 2. The van der Waals surface area contributed by atoms with Crippen molar-refractivity contribution in [3.05, 3.63) is 67.0 Å². The first kappa shape index (κ1) is 17.1. The molecule has 0 fully saturated rings. The molecule has 0 amide bonds. The summed E-state index contributed by atoms with van der Waals surface area (Å²) in [5.41, 5.74) is 0. The van der Waals surface area contributed by atoms with Crippen molar-refractivity contribution in [3.8, 4) is 5.75 Å². The summed E-state index contributed by atoms with van der Waals surface area (Å²) in [6.45, 7) is 7.17. The standard InChI is InChI=1S/C19H26O2/c1-3-5-13-18(4-2)20-16-11-6-7-12-17-21-19-14-9-8-10-15-19/h3-5,8-10,13-15H,1,6-7,11-12,16-17H2,2H3/b13-5-,18-4+. The Balaban J connectivity index is 1.97. The van der Waals surface area contributed by atoms with E-state index < -0.39 is 0 Å². The van der Waals surface area contributed by atoms with Crippen LogP contribution in [-0.4, -0.2) is 13.2 Å². The monoisotopic (exact) mass is 286 g/mol. The van der Waals surface area contributed by atoms with E-state index in [0.717, 1.165) is 37.6 Å². The molecule has 0 N–H and O–H groups in total.